The molecule has 2 N–H and O–H groups in total. The first-order valence-electron chi connectivity index (χ1n) is 9.76. The molecule has 0 unspecified atom stereocenters. The lowest BCUT2D eigenvalue weighted by Crippen LogP contribution is -2.43. The lowest BCUT2D eigenvalue weighted by molar-refractivity contribution is -0.118. The van der Waals surface area contributed by atoms with Crippen molar-refractivity contribution in [3.63, 3.8) is 0 Å². The van der Waals surface area contributed by atoms with Gasteiger partial charge in [0.05, 0.1) is 26.8 Å². The van der Waals surface area contributed by atoms with Gasteiger partial charge < -0.3 is 29.4 Å². The number of fused-ring (bicyclic) bond motifs is 1. The molecule has 9 heteroatoms. The highest BCUT2D eigenvalue weighted by molar-refractivity contribution is 6.04. The summed E-state index contributed by atoms with van der Waals surface area (Å²) in [6.45, 7) is 1.82. The molecule has 0 saturated heterocycles. The number of benzene rings is 1. The number of aryl methyl sites for hydroxylation is 1. The first-order chi connectivity index (χ1) is 14.9. The molecule has 2 amide bonds. The fourth-order valence-electron chi connectivity index (χ4n) is 3.43. The van der Waals surface area contributed by atoms with Gasteiger partial charge >= 0.3 is 0 Å². The Bertz CT molecular complexity index is 1090. The molecule has 164 valence electrons. The molecular formula is C22H26N4O5. The Morgan fingerprint density at radius 2 is 1.84 bits per heavy atom. The molecule has 31 heavy (non-hydrogen) atoms. The van der Waals surface area contributed by atoms with Crippen LogP contribution in [0.1, 0.15) is 23.8 Å². The van der Waals surface area contributed by atoms with Gasteiger partial charge in [-0.15, -0.1) is 0 Å². The van der Waals surface area contributed by atoms with Crippen LogP contribution in [0.2, 0.25) is 0 Å². The van der Waals surface area contributed by atoms with Crippen LogP contribution in [-0.4, -0.2) is 48.7 Å². The van der Waals surface area contributed by atoms with Crippen molar-refractivity contribution in [2.24, 2.45) is 7.05 Å². The highest BCUT2D eigenvalue weighted by Gasteiger charge is 2.25. The summed E-state index contributed by atoms with van der Waals surface area (Å²) < 4.78 is 18.1. The van der Waals surface area contributed by atoms with E-state index in [9.17, 15) is 9.59 Å². The normalized spacial score (nSPS) is 11.6. The maximum atomic E-state index is 13.0. The third-order valence-electron chi connectivity index (χ3n) is 5.00. The number of pyridine rings is 1. The number of nitrogens with one attached hydrogen (secondary N) is 2. The highest BCUT2D eigenvalue weighted by Crippen LogP contribution is 2.44. The number of hydrogen-bond donors (Lipinski definition) is 2. The monoisotopic (exact) mass is 426 g/mol. The zero-order chi connectivity index (χ0) is 22.5. The highest BCUT2D eigenvalue weighted by atomic mass is 16.5. The number of hydrogen-bond acceptors (Lipinski definition) is 6. The fourth-order valence-corrected chi connectivity index (χ4v) is 3.43. The van der Waals surface area contributed by atoms with E-state index in [1.807, 2.05) is 6.92 Å². The van der Waals surface area contributed by atoms with E-state index in [1.54, 1.807) is 48.1 Å². The number of nitrogens with zero attached hydrogens (tertiary/aromatic N) is 2. The van der Waals surface area contributed by atoms with Crippen LogP contribution in [0.3, 0.4) is 0 Å². The topological polar surface area (TPSA) is 104 Å². The molecular weight excluding hydrogens is 400 g/mol. The van der Waals surface area contributed by atoms with Crippen LogP contribution in [0.25, 0.3) is 10.9 Å². The van der Waals surface area contributed by atoms with Gasteiger partial charge in [0.15, 0.2) is 11.5 Å². The van der Waals surface area contributed by atoms with Gasteiger partial charge in [-0.2, -0.15) is 0 Å². The van der Waals surface area contributed by atoms with E-state index in [0.717, 1.165) is 5.39 Å². The third-order valence-corrected chi connectivity index (χ3v) is 5.00. The molecule has 0 bridgehead atoms. The van der Waals surface area contributed by atoms with Crippen LogP contribution in [0.4, 0.5) is 5.82 Å². The van der Waals surface area contributed by atoms with Crippen LogP contribution < -0.4 is 24.8 Å². The Morgan fingerprint density at radius 3 is 2.42 bits per heavy atom. The number of methoxy groups -OCH3 is 3. The van der Waals surface area contributed by atoms with Gasteiger partial charge in [0.2, 0.25) is 11.7 Å². The lowest BCUT2D eigenvalue weighted by atomic mass is 10.2. The average Bonchev–Trinajstić information content (AvgIpc) is 3.12. The van der Waals surface area contributed by atoms with Crippen molar-refractivity contribution in [2.75, 3.05) is 26.6 Å². The number of carbonyl (C=O) groups excluding carboxylic acids is 2. The molecule has 0 aliphatic carbocycles. The smallest absolute Gasteiger partial charge is 0.268 e. The number of amides is 2. The average molecular weight is 426 g/mol. The molecule has 2 aromatic heterocycles. The van der Waals surface area contributed by atoms with Crippen molar-refractivity contribution < 1.29 is 23.8 Å². The zero-order valence-corrected chi connectivity index (χ0v) is 18.2. The van der Waals surface area contributed by atoms with E-state index in [4.69, 9.17) is 14.2 Å². The summed E-state index contributed by atoms with van der Waals surface area (Å²) >= 11 is 0. The minimum absolute atomic E-state index is 0.339. The van der Waals surface area contributed by atoms with E-state index in [1.165, 1.54) is 21.3 Å². The molecule has 1 atom stereocenters. The van der Waals surface area contributed by atoms with Crippen molar-refractivity contribution in [3.05, 3.63) is 42.2 Å². The minimum Gasteiger partial charge on any atom is -0.493 e. The van der Waals surface area contributed by atoms with Crippen LogP contribution in [0.5, 0.6) is 17.2 Å². The van der Waals surface area contributed by atoms with E-state index in [2.05, 4.69) is 15.6 Å². The van der Waals surface area contributed by atoms with E-state index in [-0.39, 0.29) is 11.8 Å². The predicted molar refractivity (Wildman–Crippen MR) is 117 cm³/mol. The van der Waals surface area contributed by atoms with Crippen LogP contribution in [-0.2, 0) is 11.8 Å². The first-order valence-corrected chi connectivity index (χ1v) is 9.76. The Hall–Kier alpha value is -3.75. The molecule has 2 heterocycles. The van der Waals surface area contributed by atoms with Crippen LogP contribution >= 0.6 is 0 Å². The standard InChI is InChI=1S/C22H26N4O5/c1-6-14(21(27)25-17-9-7-8-10-23-17)24-22(28)15-11-13-12-16(29-3)19(30-4)20(31-5)18(13)26(15)2/h7-12,14H,6H2,1-5H3,(H,24,28)(H,23,25,27)/t14-/m0/s1. The second kappa shape index (κ2) is 9.38. The van der Waals surface area contributed by atoms with E-state index in [0.29, 0.717) is 40.7 Å². The summed E-state index contributed by atoms with van der Waals surface area (Å²) in [5, 5.41) is 6.25. The van der Waals surface area contributed by atoms with Gasteiger partial charge in [0, 0.05) is 18.6 Å². The third kappa shape index (κ3) is 4.25. The summed E-state index contributed by atoms with van der Waals surface area (Å²) in [5.74, 6) is 1.08. The summed E-state index contributed by atoms with van der Waals surface area (Å²) in [5.41, 5.74) is 1.05. The van der Waals surface area contributed by atoms with E-state index >= 15 is 0 Å². The molecule has 3 rings (SSSR count). The molecule has 9 nitrogen and oxygen atoms in total. The van der Waals surface area contributed by atoms with Crippen molar-refractivity contribution in [1.82, 2.24) is 14.9 Å². The van der Waals surface area contributed by atoms with Crippen molar-refractivity contribution in [3.8, 4) is 17.2 Å². The number of anilines is 1. The molecule has 0 spiro atoms. The second-order valence-electron chi connectivity index (χ2n) is 6.81. The van der Waals surface area contributed by atoms with Gasteiger partial charge in [-0.1, -0.05) is 13.0 Å². The fraction of sp³-hybridized carbons (Fsp3) is 0.318. The first kappa shape index (κ1) is 21.9. The van der Waals surface area contributed by atoms with Gasteiger partial charge in [0.25, 0.3) is 5.91 Å². The number of carbonyl (C=O) groups is 2. The summed E-state index contributed by atoms with van der Waals surface area (Å²) in [7, 11) is 6.33. The van der Waals surface area contributed by atoms with E-state index < -0.39 is 6.04 Å². The van der Waals surface area contributed by atoms with Gasteiger partial charge in [-0.3, -0.25) is 9.59 Å². The quantitative estimate of drug-likeness (QED) is 0.574. The predicted octanol–water partition coefficient (Wildman–Crippen LogP) is 2.75. The Balaban J connectivity index is 1.91. The number of rotatable bonds is 8. The van der Waals surface area contributed by atoms with Gasteiger partial charge in [0.1, 0.15) is 17.6 Å². The Morgan fingerprint density at radius 1 is 1.10 bits per heavy atom. The van der Waals surface area contributed by atoms with Crippen LogP contribution in [0.15, 0.2) is 36.5 Å². The van der Waals surface area contributed by atoms with Gasteiger partial charge in [-0.05, 0) is 30.7 Å². The molecule has 0 radical (unpaired) electrons. The SMILES string of the molecule is CC[C@H](NC(=O)c1cc2cc(OC)c(OC)c(OC)c2n1C)C(=O)Nc1ccccn1. The second-order valence-corrected chi connectivity index (χ2v) is 6.81. The van der Waals surface area contributed by atoms with Crippen LogP contribution in [0, 0.1) is 0 Å². The maximum absolute atomic E-state index is 13.0. The molecule has 0 fully saturated rings. The number of aromatic nitrogens is 2. The molecule has 3 aromatic rings. The van der Waals surface area contributed by atoms with Crippen molar-refractivity contribution in [2.45, 2.75) is 19.4 Å². The zero-order valence-electron chi connectivity index (χ0n) is 18.2. The summed E-state index contributed by atoms with van der Waals surface area (Å²) in [4.78, 5) is 29.7. The largest absolute Gasteiger partial charge is 0.493 e. The maximum Gasteiger partial charge on any atom is 0.268 e. The molecule has 0 saturated carbocycles. The molecule has 0 aliphatic heterocycles. The lowest BCUT2D eigenvalue weighted by Gasteiger charge is -2.17. The summed E-state index contributed by atoms with van der Waals surface area (Å²) in [6, 6.07) is 7.99. The number of ether oxygens (including phenoxy) is 3. The van der Waals surface area contributed by atoms with Gasteiger partial charge in [-0.25, -0.2) is 4.98 Å². The van der Waals surface area contributed by atoms with Crippen molar-refractivity contribution >= 4 is 28.5 Å². The van der Waals surface area contributed by atoms with Crippen molar-refractivity contribution in [1.29, 1.82) is 0 Å². The minimum atomic E-state index is -0.724. The Kier molecular flexibility index (Phi) is 6.64. The summed E-state index contributed by atoms with van der Waals surface area (Å²) in [6.07, 6.45) is 2.00. The molecule has 1 aromatic carbocycles. The Labute approximate surface area is 180 Å². The molecule has 0 aliphatic rings.